The van der Waals surface area contributed by atoms with Gasteiger partial charge in [0, 0.05) is 6.04 Å². The molecule has 0 spiro atoms. The van der Waals surface area contributed by atoms with E-state index in [1.807, 2.05) is 20.1 Å². The number of thioether (sulfide) groups is 1. The molecule has 1 rings (SSSR count). The smallest absolute Gasteiger partial charge is 0.350 e. The quantitative estimate of drug-likeness (QED) is 0.643. The van der Waals surface area contributed by atoms with E-state index < -0.39 is 0 Å². The molecule has 90 valence electrons. The van der Waals surface area contributed by atoms with Gasteiger partial charge in [0.25, 0.3) is 0 Å². The van der Waals surface area contributed by atoms with Crippen molar-refractivity contribution >= 4 is 39.8 Å². The molecule has 0 aliphatic rings. The number of rotatable bonds is 4. The van der Waals surface area contributed by atoms with Gasteiger partial charge in [-0.25, -0.2) is 4.79 Å². The molecule has 0 amide bonds. The van der Waals surface area contributed by atoms with Crippen LogP contribution >= 0.6 is 23.1 Å². The maximum absolute atomic E-state index is 11.5. The first-order chi connectivity index (χ1) is 7.51. The predicted octanol–water partition coefficient (Wildman–Crippen LogP) is 2.66. The van der Waals surface area contributed by atoms with Crippen molar-refractivity contribution in [2.75, 3.05) is 24.4 Å². The standard InChI is InChI=1S/C10H16N2O2S2/c1-5(2)12-9-7(15-4)6(11)8(16-9)10(13)14-3/h5,12H,11H2,1-4H3. The average Bonchev–Trinajstić information content (AvgIpc) is 2.53. The third kappa shape index (κ3) is 2.62. The molecule has 0 aliphatic carbocycles. The van der Waals surface area contributed by atoms with Crippen LogP contribution in [0.4, 0.5) is 10.7 Å². The summed E-state index contributed by atoms with van der Waals surface area (Å²) >= 11 is 2.87. The van der Waals surface area contributed by atoms with Gasteiger partial charge >= 0.3 is 5.97 Å². The summed E-state index contributed by atoms with van der Waals surface area (Å²) in [5, 5.41) is 4.21. The number of anilines is 2. The van der Waals surface area contributed by atoms with Gasteiger partial charge in [-0.05, 0) is 20.1 Å². The van der Waals surface area contributed by atoms with Gasteiger partial charge in [-0.1, -0.05) is 0 Å². The molecule has 1 aromatic rings. The molecule has 0 atom stereocenters. The highest BCUT2D eigenvalue weighted by molar-refractivity contribution is 7.99. The molecule has 0 saturated heterocycles. The topological polar surface area (TPSA) is 64.3 Å². The van der Waals surface area contributed by atoms with Crippen LogP contribution in [0.2, 0.25) is 0 Å². The molecule has 1 heterocycles. The van der Waals surface area contributed by atoms with Gasteiger partial charge in [-0.15, -0.1) is 23.1 Å². The third-order valence-electron chi connectivity index (χ3n) is 1.89. The maximum Gasteiger partial charge on any atom is 0.350 e. The van der Waals surface area contributed by atoms with Gasteiger partial charge in [0.15, 0.2) is 0 Å². The molecule has 4 nitrogen and oxygen atoms in total. The zero-order chi connectivity index (χ0) is 12.3. The zero-order valence-electron chi connectivity index (χ0n) is 9.79. The molecule has 0 aliphatic heterocycles. The van der Waals surface area contributed by atoms with E-state index in [1.165, 1.54) is 30.2 Å². The lowest BCUT2D eigenvalue weighted by Crippen LogP contribution is -2.08. The first-order valence-corrected chi connectivity index (χ1v) is 6.86. The molecular formula is C10H16N2O2S2. The maximum atomic E-state index is 11.5. The molecule has 0 fully saturated rings. The lowest BCUT2D eigenvalue weighted by atomic mass is 10.3. The highest BCUT2D eigenvalue weighted by Crippen LogP contribution is 2.42. The summed E-state index contributed by atoms with van der Waals surface area (Å²) in [5.74, 6) is -0.380. The molecule has 16 heavy (non-hydrogen) atoms. The second-order valence-corrected chi connectivity index (χ2v) is 5.33. The van der Waals surface area contributed by atoms with Crippen molar-refractivity contribution < 1.29 is 9.53 Å². The van der Waals surface area contributed by atoms with Crippen molar-refractivity contribution in [3.05, 3.63) is 4.88 Å². The Kier molecular flexibility index (Phi) is 4.49. The summed E-state index contributed by atoms with van der Waals surface area (Å²) in [5.41, 5.74) is 6.42. The van der Waals surface area contributed by atoms with E-state index in [1.54, 1.807) is 0 Å². The summed E-state index contributed by atoms with van der Waals surface area (Å²) in [7, 11) is 1.36. The van der Waals surface area contributed by atoms with E-state index in [4.69, 9.17) is 5.73 Å². The summed E-state index contributed by atoms with van der Waals surface area (Å²) < 4.78 is 4.69. The summed E-state index contributed by atoms with van der Waals surface area (Å²) in [6, 6.07) is 0.300. The first-order valence-electron chi connectivity index (χ1n) is 4.82. The fourth-order valence-electron chi connectivity index (χ4n) is 1.23. The largest absolute Gasteiger partial charge is 0.465 e. The predicted molar refractivity (Wildman–Crippen MR) is 70.6 cm³/mol. The number of hydrogen-bond donors (Lipinski definition) is 2. The van der Waals surface area contributed by atoms with Crippen LogP contribution in [0.1, 0.15) is 23.5 Å². The highest BCUT2D eigenvalue weighted by atomic mass is 32.2. The normalized spacial score (nSPS) is 10.6. The van der Waals surface area contributed by atoms with E-state index in [-0.39, 0.29) is 5.97 Å². The lowest BCUT2D eigenvalue weighted by molar-refractivity contribution is 0.0607. The van der Waals surface area contributed by atoms with Crippen LogP contribution in [-0.4, -0.2) is 25.4 Å². The number of esters is 1. The molecule has 0 radical (unpaired) electrons. The van der Waals surface area contributed by atoms with Gasteiger partial charge in [-0.2, -0.15) is 0 Å². The van der Waals surface area contributed by atoms with Crippen LogP contribution < -0.4 is 11.1 Å². The molecule has 0 aromatic carbocycles. The Labute approximate surface area is 104 Å². The Balaban J connectivity index is 3.14. The zero-order valence-corrected chi connectivity index (χ0v) is 11.4. The fourth-order valence-corrected chi connectivity index (χ4v) is 3.32. The molecular weight excluding hydrogens is 244 g/mol. The lowest BCUT2D eigenvalue weighted by Gasteiger charge is -2.08. The van der Waals surface area contributed by atoms with Crippen molar-refractivity contribution in [1.29, 1.82) is 0 Å². The second kappa shape index (κ2) is 5.45. The van der Waals surface area contributed by atoms with E-state index in [9.17, 15) is 4.79 Å². The van der Waals surface area contributed by atoms with Gasteiger partial charge in [-0.3, -0.25) is 0 Å². The Bertz CT molecular complexity index is 388. The Hall–Kier alpha value is -0.880. The highest BCUT2D eigenvalue weighted by Gasteiger charge is 2.21. The minimum Gasteiger partial charge on any atom is -0.465 e. The Morgan fingerprint density at radius 1 is 1.56 bits per heavy atom. The van der Waals surface area contributed by atoms with E-state index >= 15 is 0 Å². The van der Waals surface area contributed by atoms with Gasteiger partial charge in [0.1, 0.15) is 9.88 Å². The van der Waals surface area contributed by atoms with Crippen LogP contribution in [-0.2, 0) is 4.74 Å². The number of hydrogen-bond acceptors (Lipinski definition) is 6. The number of ether oxygens (including phenoxy) is 1. The van der Waals surface area contributed by atoms with Gasteiger partial charge in [0.2, 0.25) is 0 Å². The summed E-state index contributed by atoms with van der Waals surface area (Å²) in [6.07, 6.45) is 1.94. The van der Waals surface area contributed by atoms with Crippen molar-refractivity contribution in [1.82, 2.24) is 0 Å². The molecule has 3 N–H and O–H groups in total. The summed E-state index contributed by atoms with van der Waals surface area (Å²) in [4.78, 5) is 12.9. The van der Waals surface area contributed by atoms with Crippen molar-refractivity contribution in [2.45, 2.75) is 24.8 Å². The van der Waals surface area contributed by atoms with Crippen molar-refractivity contribution in [3.63, 3.8) is 0 Å². The van der Waals surface area contributed by atoms with Crippen LogP contribution in [0.25, 0.3) is 0 Å². The van der Waals surface area contributed by atoms with Crippen molar-refractivity contribution in [2.24, 2.45) is 0 Å². The third-order valence-corrected chi connectivity index (χ3v) is 3.97. The number of thiophene rings is 1. The van der Waals surface area contributed by atoms with Gasteiger partial charge in [0.05, 0.1) is 17.7 Å². The second-order valence-electron chi connectivity index (χ2n) is 3.50. The minimum absolute atomic E-state index is 0.300. The van der Waals surface area contributed by atoms with Crippen LogP contribution in [0.5, 0.6) is 0 Å². The van der Waals surface area contributed by atoms with E-state index in [0.717, 1.165) is 9.90 Å². The van der Waals surface area contributed by atoms with E-state index in [2.05, 4.69) is 10.1 Å². The number of carbonyl (C=O) groups is 1. The van der Waals surface area contributed by atoms with Crippen LogP contribution in [0.3, 0.4) is 0 Å². The molecule has 0 bridgehead atoms. The molecule has 1 aromatic heterocycles. The number of methoxy groups -OCH3 is 1. The Morgan fingerprint density at radius 3 is 2.62 bits per heavy atom. The fraction of sp³-hybridized carbons (Fsp3) is 0.500. The molecule has 0 unspecified atom stereocenters. The monoisotopic (exact) mass is 260 g/mol. The minimum atomic E-state index is -0.380. The van der Waals surface area contributed by atoms with Crippen LogP contribution in [0.15, 0.2) is 4.90 Å². The molecule has 6 heteroatoms. The number of carbonyl (C=O) groups excluding carboxylic acids is 1. The number of nitrogens with two attached hydrogens (primary N) is 1. The van der Waals surface area contributed by atoms with Gasteiger partial charge < -0.3 is 15.8 Å². The van der Waals surface area contributed by atoms with Crippen LogP contribution in [0, 0.1) is 0 Å². The van der Waals surface area contributed by atoms with Crippen molar-refractivity contribution in [3.8, 4) is 0 Å². The SMILES string of the molecule is COC(=O)c1sc(NC(C)C)c(SC)c1N. The summed E-state index contributed by atoms with van der Waals surface area (Å²) in [6.45, 7) is 4.08. The average molecular weight is 260 g/mol. The number of nitrogen functional groups attached to an aromatic ring is 1. The Morgan fingerprint density at radius 2 is 2.19 bits per heavy atom. The molecule has 0 saturated carbocycles. The van der Waals surface area contributed by atoms with E-state index in [0.29, 0.717) is 16.6 Å². The first kappa shape index (κ1) is 13.2. The number of nitrogens with one attached hydrogen (secondary N) is 1.